The van der Waals surface area contributed by atoms with E-state index in [2.05, 4.69) is 4.98 Å². The van der Waals surface area contributed by atoms with Crippen LogP contribution in [0.15, 0.2) is 48.8 Å². The minimum atomic E-state index is -1.21. The monoisotopic (exact) mass is 267 g/mol. The molecular weight excluding hydrogens is 256 g/mol. The minimum absolute atomic E-state index is 0.111. The topological polar surface area (TPSA) is 66.7 Å². The molecule has 0 saturated heterocycles. The lowest BCUT2D eigenvalue weighted by atomic mass is 10.1. The smallest absolute Gasteiger partial charge is 0.138 e. The van der Waals surface area contributed by atoms with Crippen LogP contribution < -0.4 is 9.84 Å². The van der Waals surface area contributed by atoms with E-state index in [1.165, 1.54) is 12.1 Å². The molecule has 0 spiro atoms. The van der Waals surface area contributed by atoms with E-state index in [0.29, 0.717) is 5.65 Å². The van der Waals surface area contributed by atoms with E-state index in [1.54, 1.807) is 17.7 Å². The molecule has 100 valence electrons. The highest BCUT2D eigenvalue weighted by Crippen LogP contribution is 2.23. The first-order valence-corrected chi connectivity index (χ1v) is 6.02. The first-order valence-electron chi connectivity index (χ1n) is 6.02. The fourth-order valence-corrected chi connectivity index (χ4v) is 2.03. The Morgan fingerprint density at radius 2 is 2.15 bits per heavy atom. The van der Waals surface area contributed by atoms with Crippen LogP contribution in [-0.2, 0) is 0 Å². The van der Waals surface area contributed by atoms with Crippen molar-refractivity contribution in [2.45, 2.75) is 0 Å². The van der Waals surface area contributed by atoms with Crippen molar-refractivity contribution in [3.63, 3.8) is 0 Å². The standard InChI is InChI=1S/C15H12N2O3/c1-20-12-4-2-3-10(7-12)13-9-17-6-5-11(15(18)19)8-14(17)16-13/h2-9H,1H3,(H,18,19)/p-1. The molecule has 0 aliphatic rings. The molecule has 0 unspecified atom stereocenters. The zero-order chi connectivity index (χ0) is 14.1. The number of carboxylic acids is 1. The number of imidazole rings is 1. The summed E-state index contributed by atoms with van der Waals surface area (Å²) in [6.45, 7) is 0. The second-order valence-corrected chi connectivity index (χ2v) is 4.33. The lowest BCUT2D eigenvalue weighted by molar-refractivity contribution is -0.255. The predicted molar refractivity (Wildman–Crippen MR) is 71.5 cm³/mol. The van der Waals surface area contributed by atoms with Crippen molar-refractivity contribution >= 4 is 11.6 Å². The van der Waals surface area contributed by atoms with Gasteiger partial charge in [0.25, 0.3) is 0 Å². The fourth-order valence-electron chi connectivity index (χ4n) is 2.03. The summed E-state index contributed by atoms with van der Waals surface area (Å²) in [7, 11) is 1.61. The molecule has 0 radical (unpaired) electrons. The molecule has 0 amide bonds. The number of carbonyl (C=O) groups excluding carboxylic acids is 1. The van der Waals surface area contributed by atoms with Crippen LogP contribution >= 0.6 is 0 Å². The van der Waals surface area contributed by atoms with Crippen molar-refractivity contribution in [2.24, 2.45) is 0 Å². The van der Waals surface area contributed by atoms with Gasteiger partial charge >= 0.3 is 0 Å². The van der Waals surface area contributed by atoms with Gasteiger partial charge in [-0.3, -0.25) is 0 Å². The Hall–Kier alpha value is -2.82. The van der Waals surface area contributed by atoms with E-state index in [4.69, 9.17) is 4.74 Å². The summed E-state index contributed by atoms with van der Waals surface area (Å²) in [4.78, 5) is 15.3. The maximum atomic E-state index is 10.8. The summed E-state index contributed by atoms with van der Waals surface area (Å²) in [6.07, 6.45) is 3.49. The zero-order valence-corrected chi connectivity index (χ0v) is 10.7. The van der Waals surface area contributed by atoms with E-state index >= 15 is 0 Å². The van der Waals surface area contributed by atoms with E-state index in [-0.39, 0.29) is 5.56 Å². The Labute approximate surface area is 115 Å². The van der Waals surface area contributed by atoms with Gasteiger partial charge in [0.05, 0.1) is 18.8 Å². The summed E-state index contributed by atoms with van der Waals surface area (Å²) in [5.41, 5.74) is 2.33. The average Bonchev–Trinajstić information content (AvgIpc) is 2.90. The van der Waals surface area contributed by atoms with Crippen LogP contribution in [0.1, 0.15) is 10.4 Å². The third-order valence-electron chi connectivity index (χ3n) is 3.06. The van der Waals surface area contributed by atoms with Gasteiger partial charge in [0.1, 0.15) is 11.4 Å². The molecular formula is C15H11N2O3-. The molecule has 0 N–H and O–H groups in total. The van der Waals surface area contributed by atoms with Crippen LogP contribution in [0.2, 0.25) is 0 Å². The maximum Gasteiger partial charge on any atom is 0.138 e. The van der Waals surface area contributed by atoms with Crippen LogP contribution in [0.3, 0.4) is 0 Å². The molecule has 0 aliphatic carbocycles. The van der Waals surface area contributed by atoms with Gasteiger partial charge in [-0.1, -0.05) is 12.1 Å². The molecule has 0 bridgehead atoms. The Balaban J connectivity index is 2.10. The number of methoxy groups -OCH3 is 1. The molecule has 2 aromatic heterocycles. The number of fused-ring (bicyclic) bond motifs is 1. The minimum Gasteiger partial charge on any atom is -0.545 e. The van der Waals surface area contributed by atoms with Gasteiger partial charge in [-0.2, -0.15) is 0 Å². The number of nitrogens with zero attached hydrogens (tertiary/aromatic N) is 2. The van der Waals surface area contributed by atoms with Gasteiger partial charge < -0.3 is 19.0 Å². The van der Waals surface area contributed by atoms with Crippen molar-refractivity contribution < 1.29 is 14.6 Å². The normalized spacial score (nSPS) is 10.7. The lowest BCUT2D eigenvalue weighted by Crippen LogP contribution is -2.22. The number of pyridine rings is 1. The molecule has 5 nitrogen and oxygen atoms in total. The lowest BCUT2D eigenvalue weighted by Gasteiger charge is -2.01. The third-order valence-corrected chi connectivity index (χ3v) is 3.06. The quantitative estimate of drug-likeness (QED) is 0.719. The third kappa shape index (κ3) is 2.09. The van der Waals surface area contributed by atoms with Crippen molar-refractivity contribution in [1.82, 2.24) is 9.38 Å². The SMILES string of the molecule is COc1cccc(-c2cn3ccc(C(=O)[O-])cc3n2)c1. The van der Waals surface area contributed by atoms with E-state index in [9.17, 15) is 9.90 Å². The highest BCUT2D eigenvalue weighted by Gasteiger charge is 2.06. The second kappa shape index (κ2) is 4.70. The van der Waals surface area contributed by atoms with Crippen LogP contribution in [0.5, 0.6) is 5.75 Å². The summed E-state index contributed by atoms with van der Waals surface area (Å²) in [6, 6.07) is 10.5. The zero-order valence-electron chi connectivity index (χ0n) is 10.7. The molecule has 3 aromatic rings. The summed E-state index contributed by atoms with van der Waals surface area (Å²) in [5, 5.41) is 10.8. The predicted octanol–water partition coefficient (Wildman–Crippen LogP) is 1.37. The number of aromatic nitrogens is 2. The van der Waals surface area contributed by atoms with E-state index in [0.717, 1.165) is 17.0 Å². The average molecular weight is 267 g/mol. The number of ether oxygens (including phenoxy) is 1. The van der Waals surface area contributed by atoms with Gasteiger partial charge in [0.15, 0.2) is 0 Å². The first kappa shape index (κ1) is 12.2. The number of aromatic carboxylic acids is 1. The van der Waals surface area contributed by atoms with Gasteiger partial charge in [-0.05, 0) is 24.3 Å². The summed E-state index contributed by atoms with van der Waals surface area (Å²) < 4.78 is 6.95. The number of benzene rings is 1. The Morgan fingerprint density at radius 3 is 2.90 bits per heavy atom. The van der Waals surface area contributed by atoms with Gasteiger partial charge in [0, 0.05) is 23.5 Å². The fraction of sp³-hybridized carbons (Fsp3) is 0.0667. The second-order valence-electron chi connectivity index (χ2n) is 4.33. The molecule has 2 heterocycles. The number of carboxylic acid groups (broad SMARTS) is 1. The highest BCUT2D eigenvalue weighted by atomic mass is 16.5. The van der Waals surface area contributed by atoms with E-state index < -0.39 is 5.97 Å². The molecule has 1 aromatic carbocycles. The number of carbonyl (C=O) groups is 1. The molecule has 20 heavy (non-hydrogen) atoms. The summed E-state index contributed by atoms with van der Waals surface area (Å²) in [5.74, 6) is -0.464. The number of hydrogen-bond acceptors (Lipinski definition) is 4. The van der Waals surface area contributed by atoms with Crippen LogP contribution in [-0.4, -0.2) is 22.5 Å². The van der Waals surface area contributed by atoms with Crippen molar-refractivity contribution in [3.05, 3.63) is 54.4 Å². The molecule has 5 heteroatoms. The molecule has 0 saturated carbocycles. The number of hydrogen-bond donors (Lipinski definition) is 0. The van der Waals surface area contributed by atoms with Gasteiger partial charge in [0.2, 0.25) is 0 Å². The van der Waals surface area contributed by atoms with Crippen molar-refractivity contribution in [3.8, 4) is 17.0 Å². The van der Waals surface area contributed by atoms with E-state index in [1.807, 2.05) is 30.5 Å². The molecule has 0 fully saturated rings. The molecule has 0 aliphatic heterocycles. The Kier molecular flexibility index (Phi) is 2.87. The van der Waals surface area contributed by atoms with Crippen LogP contribution in [0, 0.1) is 0 Å². The maximum absolute atomic E-state index is 10.8. The van der Waals surface area contributed by atoms with Crippen LogP contribution in [0.4, 0.5) is 0 Å². The van der Waals surface area contributed by atoms with Crippen molar-refractivity contribution in [2.75, 3.05) is 7.11 Å². The van der Waals surface area contributed by atoms with Gasteiger partial charge in [-0.15, -0.1) is 0 Å². The Bertz CT molecular complexity index is 793. The highest BCUT2D eigenvalue weighted by molar-refractivity contribution is 5.87. The van der Waals surface area contributed by atoms with Gasteiger partial charge in [-0.25, -0.2) is 4.98 Å². The number of rotatable bonds is 3. The summed E-state index contributed by atoms with van der Waals surface area (Å²) >= 11 is 0. The van der Waals surface area contributed by atoms with Crippen LogP contribution in [0.25, 0.3) is 16.9 Å². The molecule has 3 rings (SSSR count). The Morgan fingerprint density at radius 1 is 1.30 bits per heavy atom. The molecule has 0 atom stereocenters. The largest absolute Gasteiger partial charge is 0.545 e. The van der Waals surface area contributed by atoms with Crippen molar-refractivity contribution in [1.29, 1.82) is 0 Å². The first-order chi connectivity index (χ1) is 9.67.